The lowest BCUT2D eigenvalue weighted by Gasteiger charge is -2.18. The van der Waals surface area contributed by atoms with Gasteiger partial charge in [-0.2, -0.15) is 0 Å². The largest absolute Gasteiger partial charge is 0.343 e. The lowest BCUT2D eigenvalue weighted by molar-refractivity contribution is -0.132. The van der Waals surface area contributed by atoms with E-state index in [1.165, 1.54) is 9.80 Å². The van der Waals surface area contributed by atoms with Crippen molar-refractivity contribution in [1.82, 2.24) is 4.90 Å². The summed E-state index contributed by atoms with van der Waals surface area (Å²) in [5.74, 6) is 0.144. The highest BCUT2D eigenvalue weighted by Crippen LogP contribution is 2.27. The predicted molar refractivity (Wildman–Crippen MR) is 127 cm³/mol. The fourth-order valence-electron chi connectivity index (χ4n) is 3.53. The molecule has 1 heterocycles. The minimum atomic E-state index is -0.392. The molecule has 32 heavy (non-hydrogen) atoms. The van der Waals surface area contributed by atoms with E-state index in [1.807, 2.05) is 38.1 Å². The Kier molecular flexibility index (Phi) is 8.05. The summed E-state index contributed by atoms with van der Waals surface area (Å²) in [4.78, 5) is 54.0. The molecular weight excluding hydrogens is 426 g/mol. The van der Waals surface area contributed by atoms with Crippen LogP contribution in [0.1, 0.15) is 32.3 Å². The quantitative estimate of drug-likeness (QED) is 0.535. The fraction of sp³-hybridized carbons (Fsp3) is 0.333. The fourth-order valence-corrected chi connectivity index (χ4v) is 4.28. The van der Waals surface area contributed by atoms with Gasteiger partial charge in [0.15, 0.2) is 5.12 Å². The van der Waals surface area contributed by atoms with Crippen LogP contribution in [0.2, 0.25) is 0 Å². The molecule has 0 N–H and O–H groups in total. The molecule has 0 saturated carbocycles. The molecule has 3 rings (SSSR count). The van der Waals surface area contributed by atoms with Crippen molar-refractivity contribution in [3.63, 3.8) is 0 Å². The SMILES string of the molecule is CCN(CC)C(=O)CCC(=O)SCc1cccc(N2CC(=O)N(c3ccccc3)C2=O)c1. The number of thioether (sulfide) groups is 1. The number of nitrogens with zero attached hydrogens (tertiary/aromatic N) is 3. The lowest BCUT2D eigenvalue weighted by atomic mass is 10.2. The molecule has 0 aromatic heterocycles. The van der Waals surface area contributed by atoms with Crippen LogP contribution < -0.4 is 9.80 Å². The molecular formula is C24H27N3O4S. The van der Waals surface area contributed by atoms with E-state index >= 15 is 0 Å². The zero-order chi connectivity index (χ0) is 23.1. The van der Waals surface area contributed by atoms with Crippen LogP contribution in [0.15, 0.2) is 54.6 Å². The standard InChI is InChI=1S/C24H27N3O4S/c1-3-25(4-2)21(28)13-14-23(30)32-17-18-9-8-12-20(15-18)26-16-22(29)27(24(26)31)19-10-6-5-7-11-19/h5-12,15H,3-4,13-14,16-17H2,1-2H3. The number of hydrogen-bond donors (Lipinski definition) is 0. The molecule has 8 heteroatoms. The van der Waals surface area contributed by atoms with E-state index in [2.05, 4.69) is 0 Å². The van der Waals surface area contributed by atoms with Gasteiger partial charge in [0.2, 0.25) is 5.91 Å². The summed E-state index contributed by atoms with van der Waals surface area (Å²) >= 11 is 1.16. The first kappa shape index (κ1) is 23.5. The molecule has 0 atom stereocenters. The van der Waals surface area contributed by atoms with Crippen molar-refractivity contribution in [1.29, 1.82) is 0 Å². The van der Waals surface area contributed by atoms with Crippen LogP contribution in [0.3, 0.4) is 0 Å². The summed E-state index contributed by atoms with van der Waals surface area (Å²) in [5.41, 5.74) is 2.03. The molecule has 1 fully saturated rings. The van der Waals surface area contributed by atoms with Crippen LogP contribution in [-0.4, -0.2) is 47.5 Å². The maximum atomic E-state index is 12.9. The van der Waals surface area contributed by atoms with Gasteiger partial charge < -0.3 is 4.90 Å². The summed E-state index contributed by atoms with van der Waals surface area (Å²) < 4.78 is 0. The molecule has 2 aromatic rings. The Balaban J connectivity index is 1.59. The summed E-state index contributed by atoms with van der Waals surface area (Å²) in [5, 5.41) is -0.0430. The van der Waals surface area contributed by atoms with E-state index in [1.54, 1.807) is 35.2 Å². The number of carbonyl (C=O) groups excluding carboxylic acids is 4. The minimum Gasteiger partial charge on any atom is -0.343 e. The van der Waals surface area contributed by atoms with Crippen molar-refractivity contribution >= 4 is 46.1 Å². The van der Waals surface area contributed by atoms with Gasteiger partial charge in [-0.05, 0) is 43.7 Å². The maximum Gasteiger partial charge on any atom is 0.336 e. The molecule has 168 valence electrons. The molecule has 0 aliphatic carbocycles. The van der Waals surface area contributed by atoms with Gasteiger partial charge in [-0.15, -0.1) is 0 Å². The Morgan fingerprint density at radius 2 is 1.62 bits per heavy atom. The molecule has 0 unspecified atom stereocenters. The molecule has 2 aromatic carbocycles. The third kappa shape index (κ3) is 5.56. The summed E-state index contributed by atoms with van der Waals surface area (Å²) in [6.45, 7) is 5.09. The van der Waals surface area contributed by atoms with E-state index in [9.17, 15) is 19.2 Å². The normalized spacial score (nSPS) is 13.6. The average Bonchev–Trinajstić information content (AvgIpc) is 3.11. The average molecular weight is 454 g/mol. The Bertz CT molecular complexity index is 992. The third-order valence-electron chi connectivity index (χ3n) is 5.26. The van der Waals surface area contributed by atoms with Crippen molar-refractivity contribution in [3.05, 3.63) is 60.2 Å². The number of rotatable bonds is 9. The summed E-state index contributed by atoms with van der Waals surface area (Å²) in [6, 6.07) is 15.7. The highest BCUT2D eigenvalue weighted by molar-refractivity contribution is 8.12. The molecule has 1 aliphatic rings. The number of imide groups is 1. The van der Waals surface area contributed by atoms with Gasteiger partial charge >= 0.3 is 6.03 Å². The Morgan fingerprint density at radius 1 is 0.938 bits per heavy atom. The molecule has 1 aliphatic heterocycles. The molecule has 1 saturated heterocycles. The monoisotopic (exact) mass is 453 g/mol. The van der Waals surface area contributed by atoms with Crippen LogP contribution >= 0.6 is 11.8 Å². The minimum absolute atomic E-state index is 0.00821. The lowest BCUT2D eigenvalue weighted by Crippen LogP contribution is -2.32. The van der Waals surface area contributed by atoms with Gasteiger partial charge in [0, 0.05) is 37.4 Å². The van der Waals surface area contributed by atoms with Crippen LogP contribution in [0, 0.1) is 0 Å². The van der Waals surface area contributed by atoms with Gasteiger partial charge in [-0.1, -0.05) is 42.1 Å². The van der Waals surface area contributed by atoms with E-state index in [-0.39, 0.29) is 36.3 Å². The molecule has 7 nitrogen and oxygen atoms in total. The van der Waals surface area contributed by atoms with Crippen molar-refractivity contribution in [2.45, 2.75) is 32.4 Å². The van der Waals surface area contributed by atoms with Crippen molar-refractivity contribution in [3.8, 4) is 0 Å². The molecule has 4 amide bonds. The first-order valence-electron chi connectivity index (χ1n) is 10.7. The second-order valence-corrected chi connectivity index (χ2v) is 8.36. The van der Waals surface area contributed by atoms with Crippen LogP contribution in [0.4, 0.5) is 16.2 Å². The number of carbonyl (C=O) groups is 4. The topological polar surface area (TPSA) is 78.0 Å². The van der Waals surface area contributed by atoms with Gasteiger partial charge in [0.05, 0.1) is 5.69 Å². The number of urea groups is 1. The van der Waals surface area contributed by atoms with Crippen LogP contribution in [-0.2, 0) is 20.1 Å². The molecule has 0 bridgehead atoms. The number of anilines is 2. The highest BCUT2D eigenvalue weighted by atomic mass is 32.2. The van der Waals surface area contributed by atoms with Gasteiger partial charge in [0.25, 0.3) is 5.91 Å². The molecule has 0 radical (unpaired) electrons. The molecule has 0 spiro atoms. The van der Waals surface area contributed by atoms with E-state index in [0.717, 1.165) is 17.3 Å². The van der Waals surface area contributed by atoms with Crippen LogP contribution in [0.5, 0.6) is 0 Å². The van der Waals surface area contributed by atoms with E-state index < -0.39 is 6.03 Å². The van der Waals surface area contributed by atoms with Gasteiger partial charge in [-0.25, -0.2) is 9.69 Å². The van der Waals surface area contributed by atoms with E-state index in [0.29, 0.717) is 30.2 Å². The Labute approximate surface area is 192 Å². The smallest absolute Gasteiger partial charge is 0.336 e. The summed E-state index contributed by atoms with van der Waals surface area (Å²) in [7, 11) is 0. The van der Waals surface area contributed by atoms with Crippen LogP contribution in [0.25, 0.3) is 0 Å². The van der Waals surface area contributed by atoms with Gasteiger partial charge in [0.1, 0.15) is 6.54 Å². The van der Waals surface area contributed by atoms with Gasteiger partial charge in [-0.3, -0.25) is 19.3 Å². The van der Waals surface area contributed by atoms with Crippen molar-refractivity contribution < 1.29 is 19.2 Å². The van der Waals surface area contributed by atoms with Crippen molar-refractivity contribution in [2.75, 3.05) is 29.4 Å². The number of amides is 4. The first-order chi connectivity index (χ1) is 15.4. The second kappa shape index (κ2) is 10.9. The van der Waals surface area contributed by atoms with Crippen molar-refractivity contribution in [2.24, 2.45) is 0 Å². The highest BCUT2D eigenvalue weighted by Gasteiger charge is 2.37. The van der Waals surface area contributed by atoms with E-state index in [4.69, 9.17) is 0 Å². The zero-order valence-corrected chi connectivity index (χ0v) is 19.1. The number of benzene rings is 2. The zero-order valence-electron chi connectivity index (χ0n) is 18.3. The Hall–Kier alpha value is -3.13. The maximum absolute atomic E-state index is 12.9. The number of hydrogen-bond acceptors (Lipinski definition) is 5. The predicted octanol–water partition coefficient (Wildman–Crippen LogP) is 4.07. The second-order valence-electron chi connectivity index (χ2n) is 7.33. The first-order valence-corrected chi connectivity index (χ1v) is 11.6. The third-order valence-corrected chi connectivity index (χ3v) is 6.26. The Morgan fingerprint density at radius 3 is 2.31 bits per heavy atom. The number of para-hydroxylation sites is 1. The summed E-state index contributed by atoms with van der Waals surface area (Å²) in [6.07, 6.45) is 0.415.